The van der Waals surface area contributed by atoms with Gasteiger partial charge in [-0.3, -0.25) is 9.89 Å². The van der Waals surface area contributed by atoms with Gasteiger partial charge in [-0.25, -0.2) is 0 Å². The number of aromatic amines is 1. The Labute approximate surface area is 117 Å². The Kier molecular flexibility index (Phi) is 3.41. The maximum atomic E-state index is 12.1. The monoisotopic (exact) mass is 271 g/mol. The van der Waals surface area contributed by atoms with Gasteiger partial charge in [-0.1, -0.05) is 0 Å². The topological polar surface area (TPSA) is 67.0 Å². The molecule has 5 heteroatoms. The average molecular weight is 271 g/mol. The second-order valence-electron chi connectivity index (χ2n) is 4.89. The molecule has 1 fully saturated rings. The number of nitrogens with one attached hydrogen (secondary N) is 2. The lowest BCUT2D eigenvalue weighted by Crippen LogP contribution is -2.12. The van der Waals surface area contributed by atoms with Crippen molar-refractivity contribution in [2.75, 3.05) is 11.9 Å². The van der Waals surface area contributed by atoms with Crippen LogP contribution in [0.3, 0.4) is 0 Å². The number of aromatic nitrogens is 2. The minimum Gasteiger partial charge on any atom is -0.494 e. The number of amides is 1. The molecule has 0 atom stereocenters. The van der Waals surface area contributed by atoms with Gasteiger partial charge in [-0.2, -0.15) is 5.10 Å². The Morgan fingerprint density at radius 1 is 1.40 bits per heavy atom. The average Bonchev–Trinajstić information content (AvgIpc) is 3.19. The van der Waals surface area contributed by atoms with Crippen molar-refractivity contribution in [3.8, 4) is 5.75 Å². The molecule has 1 aliphatic carbocycles. The SMILES string of the molecule is CCOc1ccc(NC(=O)c2cc(C3CC3)[nH]n2)cc1. The molecule has 2 aromatic rings. The zero-order chi connectivity index (χ0) is 13.9. The maximum absolute atomic E-state index is 12.1. The summed E-state index contributed by atoms with van der Waals surface area (Å²) in [5.41, 5.74) is 2.22. The Morgan fingerprint density at radius 2 is 2.15 bits per heavy atom. The first-order valence-corrected chi connectivity index (χ1v) is 6.86. The third-order valence-electron chi connectivity index (χ3n) is 3.27. The lowest BCUT2D eigenvalue weighted by atomic mass is 10.2. The molecule has 1 amide bonds. The highest BCUT2D eigenvalue weighted by Gasteiger charge is 2.26. The van der Waals surface area contributed by atoms with E-state index in [1.807, 2.05) is 37.3 Å². The van der Waals surface area contributed by atoms with E-state index in [4.69, 9.17) is 4.74 Å². The molecule has 1 saturated carbocycles. The zero-order valence-corrected chi connectivity index (χ0v) is 11.3. The molecule has 0 aliphatic heterocycles. The van der Waals surface area contributed by atoms with Crippen LogP contribution in [0.15, 0.2) is 30.3 Å². The van der Waals surface area contributed by atoms with E-state index in [1.165, 1.54) is 12.8 Å². The highest BCUT2D eigenvalue weighted by molar-refractivity contribution is 6.02. The Balaban J connectivity index is 1.64. The Hall–Kier alpha value is -2.30. The summed E-state index contributed by atoms with van der Waals surface area (Å²) in [5, 5.41) is 9.81. The van der Waals surface area contributed by atoms with E-state index in [2.05, 4.69) is 15.5 Å². The fourth-order valence-electron chi connectivity index (χ4n) is 2.05. The molecule has 1 heterocycles. The molecule has 2 N–H and O–H groups in total. The molecule has 0 spiro atoms. The summed E-state index contributed by atoms with van der Waals surface area (Å²) in [4.78, 5) is 12.1. The van der Waals surface area contributed by atoms with E-state index >= 15 is 0 Å². The van der Waals surface area contributed by atoms with Crippen molar-refractivity contribution in [2.45, 2.75) is 25.7 Å². The van der Waals surface area contributed by atoms with Crippen LogP contribution in [-0.4, -0.2) is 22.7 Å². The van der Waals surface area contributed by atoms with E-state index in [-0.39, 0.29) is 5.91 Å². The molecule has 3 rings (SSSR count). The number of rotatable bonds is 5. The smallest absolute Gasteiger partial charge is 0.276 e. The second-order valence-corrected chi connectivity index (χ2v) is 4.89. The molecule has 1 aromatic heterocycles. The molecule has 1 aromatic carbocycles. The molecule has 0 radical (unpaired) electrons. The highest BCUT2D eigenvalue weighted by Crippen LogP contribution is 2.39. The minimum atomic E-state index is -0.197. The van der Waals surface area contributed by atoms with Gasteiger partial charge in [0, 0.05) is 17.3 Å². The number of hydrogen-bond acceptors (Lipinski definition) is 3. The number of anilines is 1. The molecule has 0 unspecified atom stereocenters. The molecule has 1 aliphatic rings. The van der Waals surface area contributed by atoms with Crippen LogP contribution in [0, 0.1) is 0 Å². The minimum absolute atomic E-state index is 0.197. The summed E-state index contributed by atoms with van der Waals surface area (Å²) in [6.07, 6.45) is 2.37. The summed E-state index contributed by atoms with van der Waals surface area (Å²) in [6.45, 7) is 2.56. The Morgan fingerprint density at radius 3 is 2.80 bits per heavy atom. The van der Waals surface area contributed by atoms with Crippen molar-refractivity contribution in [1.29, 1.82) is 0 Å². The number of H-pyrrole nitrogens is 1. The quantitative estimate of drug-likeness (QED) is 0.878. The first kappa shape index (κ1) is 12.7. The summed E-state index contributed by atoms with van der Waals surface area (Å²) in [6, 6.07) is 9.13. The lowest BCUT2D eigenvalue weighted by molar-refractivity contribution is 0.102. The van der Waals surface area contributed by atoms with Crippen LogP contribution in [0.5, 0.6) is 5.75 Å². The molecule has 104 valence electrons. The van der Waals surface area contributed by atoms with E-state index in [1.54, 1.807) is 0 Å². The van der Waals surface area contributed by atoms with Crippen LogP contribution in [0.4, 0.5) is 5.69 Å². The van der Waals surface area contributed by atoms with Crippen LogP contribution in [-0.2, 0) is 0 Å². The number of nitrogens with zero attached hydrogens (tertiary/aromatic N) is 1. The number of hydrogen-bond donors (Lipinski definition) is 2. The van der Waals surface area contributed by atoms with E-state index < -0.39 is 0 Å². The maximum Gasteiger partial charge on any atom is 0.276 e. The predicted octanol–water partition coefficient (Wildman–Crippen LogP) is 2.94. The van der Waals surface area contributed by atoms with Crippen molar-refractivity contribution in [2.24, 2.45) is 0 Å². The largest absolute Gasteiger partial charge is 0.494 e. The van der Waals surface area contributed by atoms with E-state index in [0.29, 0.717) is 18.2 Å². The van der Waals surface area contributed by atoms with Gasteiger partial charge in [-0.05, 0) is 50.1 Å². The fourth-order valence-corrected chi connectivity index (χ4v) is 2.05. The van der Waals surface area contributed by atoms with Gasteiger partial charge in [0.05, 0.1) is 6.61 Å². The molecular formula is C15H17N3O2. The van der Waals surface area contributed by atoms with Gasteiger partial charge in [0.1, 0.15) is 5.75 Å². The molecule has 0 saturated heterocycles. The predicted molar refractivity (Wildman–Crippen MR) is 76.1 cm³/mol. The molecule has 5 nitrogen and oxygen atoms in total. The summed E-state index contributed by atoms with van der Waals surface area (Å²) in [5.74, 6) is 1.16. The number of benzene rings is 1. The molecule has 0 bridgehead atoms. The molecular weight excluding hydrogens is 254 g/mol. The Bertz CT molecular complexity index is 600. The van der Waals surface area contributed by atoms with Crippen LogP contribution in [0.25, 0.3) is 0 Å². The van der Waals surface area contributed by atoms with Gasteiger partial charge in [0.2, 0.25) is 0 Å². The first-order valence-electron chi connectivity index (χ1n) is 6.86. The zero-order valence-electron chi connectivity index (χ0n) is 11.3. The third-order valence-corrected chi connectivity index (χ3v) is 3.27. The van der Waals surface area contributed by atoms with Crippen LogP contribution >= 0.6 is 0 Å². The third kappa shape index (κ3) is 2.82. The fraction of sp³-hybridized carbons (Fsp3) is 0.333. The number of carbonyl (C=O) groups is 1. The summed E-state index contributed by atoms with van der Waals surface area (Å²) >= 11 is 0. The standard InChI is InChI=1S/C15H17N3O2/c1-2-20-12-7-5-11(6-8-12)16-15(19)14-9-13(17-18-14)10-3-4-10/h5-10H,2-4H2,1H3,(H,16,19)(H,17,18). The van der Waals surface area contributed by atoms with Gasteiger partial charge >= 0.3 is 0 Å². The van der Waals surface area contributed by atoms with E-state index in [0.717, 1.165) is 17.1 Å². The number of ether oxygens (including phenoxy) is 1. The van der Waals surface area contributed by atoms with Crippen LogP contribution in [0.2, 0.25) is 0 Å². The molecule has 20 heavy (non-hydrogen) atoms. The second kappa shape index (κ2) is 5.36. The van der Waals surface area contributed by atoms with Crippen molar-refractivity contribution in [3.05, 3.63) is 41.7 Å². The van der Waals surface area contributed by atoms with Gasteiger partial charge < -0.3 is 10.1 Å². The van der Waals surface area contributed by atoms with Crippen molar-refractivity contribution < 1.29 is 9.53 Å². The normalized spacial score (nSPS) is 14.1. The summed E-state index contributed by atoms with van der Waals surface area (Å²) < 4.78 is 5.36. The first-order chi connectivity index (χ1) is 9.76. The van der Waals surface area contributed by atoms with Crippen LogP contribution < -0.4 is 10.1 Å². The van der Waals surface area contributed by atoms with Crippen molar-refractivity contribution in [3.63, 3.8) is 0 Å². The van der Waals surface area contributed by atoms with Crippen molar-refractivity contribution >= 4 is 11.6 Å². The number of carbonyl (C=O) groups excluding carboxylic acids is 1. The van der Waals surface area contributed by atoms with Crippen molar-refractivity contribution in [1.82, 2.24) is 10.2 Å². The van der Waals surface area contributed by atoms with Gasteiger partial charge in [-0.15, -0.1) is 0 Å². The van der Waals surface area contributed by atoms with Gasteiger partial charge in [0.25, 0.3) is 5.91 Å². The summed E-state index contributed by atoms with van der Waals surface area (Å²) in [7, 11) is 0. The highest BCUT2D eigenvalue weighted by atomic mass is 16.5. The van der Waals surface area contributed by atoms with E-state index in [9.17, 15) is 4.79 Å². The van der Waals surface area contributed by atoms with Crippen LogP contribution in [0.1, 0.15) is 41.9 Å². The lowest BCUT2D eigenvalue weighted by Gasteiger charge is -2.05. The van der Waals surface area contributed by atoms with Gasteiger partial charge in [0.15, 0.2) is 5.69 Å².